The minimum atomic E-state index is 0.0998. The van der Waals surface area contributed by atoms with Gasteiger partial charge >= 0.3 is 0 Å². The molecule has 0 bridgehead atoms. The van der Waals surface area contributed by atoms with Gasteiger partial charge in [0, 0.05) is 6.42 Å². The number of Topliss-reactive ketones (excluding diaryl/α,β-unsaturated/α-hetero) is 1. The van der Waals surface area contributed by atoms with Crippen molar-refractivity contribution in [2.24, 2.45) is 0 Å². The van der Waals surface area contributed by atoms with Gasteiger partial charge in [-0.05, 0) is 65.4 Å². The molecular formula is C18H30O2. The molecule has 0 radical (unpaired) electrons. The van der Waals surface area contributed by atoms with E-state index < -0.39 is 0 Å². The van der Waals surface area contributed by atoms with Crippen molar-refractivity contribution in [1.29, 1.82) is 0 Å². The zero-order chi connectivity index (χ0) is 15.4. The summed E-state index contributed by atoms with van der Waals surface area (Å²) in [6.45, 7) is 8.11. The number of hydrogen-bond donors (Lipinski definition) is 1. The van der Waals surface area contributed by atoms with E-state index in [0.717, 1.165) is 37.7 Å². The normalized spacial score (nSPS) is 12.4. The first-order valence-electron chi connectivity index (χ1n) is 7.53. The summed E-state index contributed by atoms with van der Waals surface area (Å²) in [7, 11) is 0. The molecule has 0 heterocycles. The highest BCUT2D eigenvalue weighted by Gasteiger charge is 1.97. The topological polar surface area (TPSA) is 37.3 Å². The van der Waals surface area contributed by atoms with E-state index in [9.17, 15) is 9.90 Å². The molecule has 0 aliphatic carbocycles. The first kappa shape index (κ1) is 18.9. The van der Waals surface area contributed by atoms with Crippen LogP contribution in [0.5, 0.6) is 0 Å². The lowest BCUT2D eigenvalue weighted by molar-refractivity contribution is -0.116. The van der Waals surface area contributed by atoms with Crippen LogP contribution in [-0.4, -0.2) is 17.5 Å². The lowest BCUT2D eigenvalue weighted by Gasteiger charge is -2.03. The van der Waals surface area contributed by atoms with Gasteiger partial charge in [-0.3, -0.25) is 0 Å². The van der Waals surface area contributed by atoms with E-state index in [1.807, 2.05) is 6.08 Å². The molecule has 0 aliphatic rings. The Balaban J connectivity index is 4.04. The lowest BCUT2D eigenvalue weighted by atomic mass is 10.0. The van der Waals surface area contributed by atoms with Crippen molar-refractivity contribution < 1.29 is 9.90 Å². The monoisotopic (exact) mass is 278 g/mol. The van der Waals surface area contributed by atoms with Crippen LogP contribution in [0.2, 0.25) is 0 Å². The molecule has 0 rings (SSSR count). The van der Waals surface area contributed by atoms with E-state index >= 15 is 0 Å². The van der Waals surface area contributed by atoms with Crippen LogP contribution in [0.3, 0.4) is 0 Å². The fourth-order valence-electron chi connectivity index (χ4n) is 1.92. The van der Waals surface area contributed by atoms with Crippen LogP contribution < -0.4 is 0 Å². The van der Waals surface area contributed by atoms with Crippen LogP contribution in [0.4, 0.5) is 0 Å². The summed E-state index contributed by atoms with van der Waals surface area (Å²) in [6.07, 6.45) is 11.9. The Bertz CT molecular complexity index is 369. The van der Waals surface area contributed by atoms with Crippen molar-refractivity contribution in [1.82, 2.24) is 0 Å². The highest BCUT2D eigenvalue weighted by atomic mass is 16.3. The number of ketones is 1. The van der Waals surface area contributed by atoms with Crippen molar-refractivity contribution in [2.75, 3.05) is 6.61 Å². The minimum absolute atomic E-state index is 0.0998. The molecule has 0 aromatic heterocycles. The Hall–Kier alpha value is -1.15. The Labute approximate surface area is 124 Å². The first-order valence-corrected chi connectivity index (χ1v) is 7.53. The van der Waals surface area contributed by atoms with Crippen LogP contribution in [-0.2, 0) is 4.79 Å². The zero-order valence-electron chi connectivity index (χ0n) is 13.5. The van der Waals surface area contributed by atoms with Crippen molar-refractivity contribution in [3.63, 3.8) is 0 Å². The Morgan fingerprint density at radius 2 is 1.45 bits per heavy atom. The van der Waals surface area contributed by atoms with Crippen molar-refractivity contribution in [2.45, 2.75) is 66.2 Å². The highest BCUT2D eigenvalue weighted by Crippen LogP contribution is 2.12. The SMILES string of the molecule is CC(=O)CCC=C(CO)CCC=C(C)CCC=C(C)C. The molecule has 0 aromatic carbocycles. The average Bonchev–Trinajstić information content (AvgIpc) is 2.36. The third kappa shape index (κ3) is 11.9. The van der Waals surface area contributed by atoms with Crippen LogP contribution in [0.25, 0.3) is 0 Å². The summed E-state index contributed by atoms with van der Waals surface area (Å²) < 4.78 is 0. The van der Waals surface area contributed by atoms with Gasteiger partial charge in [-0.25, -0.2) is 0 Å². The van der Waals surface area contributed by atoms with Crippen LogP contribution >= 0.6 is 0 Å². The minimum Gasteiger partial charge on any atom is -0.392 e. The molecule has 0 aliphatic heterocycles. The summed E-state index contributed by atoms with van der Waals surface area (Å²) in [5.74, 6) is 0.202. The van der Waals surface area contributed by atoms with Gasteiger partial charge in [0.05, 0.1) is 6.61 Å². The molecule has 114 valence electrons. The molecule has 0 saturated carbocycles. The van der Waals surface area contributed by atoms with E-state index in [0.29, 0.717) is 6.42 Å². The molecule has 20 heavy (non-hydrogen) atoms. The van der Waals surface area contributed by atoms with Gasteiger partial charge in [0.25, 0.3) is 0 Å². The zero-order valence-corrected chi connectivity index (χ0v) is 13.5. The Morgan fingerprint density at radius 1 is 0.850 bits per heavy atom. The number of carbonyl (C=O) groups excluding carboxylic acids is 1. The van der Waals surface area contributed by atoms with Crippen LogP contribution in [0.15, 0.2) is 34.9 Å². The fraction of sp³-hybridized carbons (Fsp3) is 0.611. The van der Waals surface area contributed by atoms with Gasteiger partial charge in [-0.1, -0.05) is 29.4 Å². The van der Waals surface area contributed by atoms with E-state index in [1.54, 1.807) is 6.92 Å². The van der Waals surface area contributed by atoms with Crippen molar-refractivity contribution in [3.05, 3.63) is 34.9 Å². The Kier molecular flexibility index (Phi) is 11.0. The van der Waals surface area contributed by atoms with Crippen LogP contribution in [0.1, 0.15) is 66.2 Å². The predicted octanol–water partition coefficient (Wildman–Crippen LogP) is 4.75. The molecule has 2 nitrogen and oxygen atoms in total. The molecule has 0 saturated heterocycles. The number of allylic oxidation sites excluding steroid dienone is 5. The standard InChI is InChI=1S/C18H30O2/c1-15(2)8-5-9-16(3)10-6-12-18(14-19)13-7-11-17(4)20/h8,10,13,19H,5-7,9,11-12,14H2,1-4H3. The molecular weight excluding hydrogens is 248 g/mol. The van der Waals surface area contributed by atoms with Gasteiger partial charge in [0.2, 0.25) is 0 Å². The average molecular weight is 278 g/mol. The summed E-state index contributed by atoms with van der Waals surface area (Å²) in [5, 5.41) is 9.28. The third-order valence-corrected chi connectivity index (χ3v) is 3.18. The van der Waals surface area contributed by atoms with Gasteiger partial charge in [-0.15, -0.1) is 0 Å². The second kappa shape index (κ2) is 11.7. The van der Waals surface area contributed by atoms with Crippen molar-refractivity contribution >= 4 is 5.78 Å². The smallest absolute Gasteiger partial charge is 0.130 e. The maximum Gasteiger partial charge on any atom is 0.130 e. The van der Waals surface area contributed by atoms with E-state index in [-0.39, 0.29) is 12.4 Å². The van der Waals surface area contributed by atoms with Gasteiger partial charge in [-0.2, -0.15) is 0 Å². The molecule has 0 atom stereocenters. The summed E-state index contributed by atoms with van der Waals surface area (Å²) in [5.41, 5.74) is 3.82. The second-order valence-corrected chi connectivity index (χ2v) is 5.67. The molecule has 2 heteroatoms. The van der Waals surface area contributed by atoms with E-state index in [1.165, 1.54) is 11.1 Å². The van der Waals surface area contributed by atoms with Crippen molar-refractivity contribution in [3.8, 4) is 0 Å². The molecule has 0 fully saturated rings. The number of aliphatic hydroxyl groups is 1. The quantitative estimate of drug-likeness (QED) is 0.586. The maximum absolute atomic E-state index is 10.9. The molecule has 0 spiro atoms. The number of carbonyl (C=O) groups is 1. The number of hydrogen-bond acceptors (Lipinski definition) is 2. The first-order chi connectivity index (χ1) is 9.45. The molecule has 0 unspecified atom stereocenters. The Morgan fingerprint density at radius 3 is 2.00 bits per heavy atom. The summed E-state index contributed by atoms with van der Waals surface area (Å²) in [4.78, 5) is 10.9. The fourth-order valence-corrected chi connectivity index (χ4v) is 1.92. The number of rotatable bonds is 10. The summed E-state index contributed by atoms with van der Waals surface area (Å²) in [6, 6.07) is 0. The second-order valence-electron chi connectivity index (χ2n) is 5.67. The summed E-state index contributed by atoms with van der Waals surface area (Å²) >= 11 is 0. The lowest BCUT2D eigenvalue weighted by Crippen LogP contribution is -1.93. The molecule has 0 amide bonds. The van der Waals surface area contributed by atoms with Crippen LogP contribution in [0, 0.1) is 0 Å². The van der Waals surface area contributed by atoms with Gasteiger partial charge in [0.15, 0.2) is 0 Å². The van der Waals surface area contributed by atoms with E-state index in [2.05, 4.69) is 32.9 Å². The molecule has 1 N–H and O–H groups in total. The van der Waals surface area contributed by atoms with E-state index in [4.69, 9.17) is 0 Å². The maximum atomic E-state index is 10.9. The van der Waals surface area contributed by atoms with Gasteiger partial charge in [0.1, 0.15) is 5.78 Å². The highest BCUT2D eigenvalue weighted by molar-refractivity contribution is 5.75. The largest absolute Gasteiger partial charge is 0.392 e. The third-order valence-electron chi connectivity index (χ3n) is 3.18. The number of aliphatic hydroxyl groups excluding tert-OH is 1. The van der Waals surface area contributed by atoms with Gasteiger partial charge < -0.3 is 9.90 Å². The predicted molar refractivity (Wildman–Crippen MR) is 86.7 cm³/mol. The molecule has 0 aromatic rings.